The summed E-state index contributed by atoms with van der Waals surface area (Å²) in [6, 6.07) is 3.42. The molecule has 35 heavy (non-hydrogen) atoms. The number of carbonyl (C=O) groups is 3. The van der Waals surface area contributed by atoms with Crippen LogP contribution in [0.4, 0.5) is 0 Å². The zero-order valence-corrected chi connectivity index (χ0v) is 21.4. The summed E-state index contributed by atoms with van der Waals surface area (Å²) in [5, 5.41) is 3.24. The summed E-state index contributed by atoms with van der Waals surface area (Å²) < 4.78 is 27.2. The lowest BCUT2D eigenvalue weighted by Crippen LogP contribution is -2.43. The summed E-state index contributed by atoms with van der Waals surface area (Å²) >= 11 is 0. The minimum Gasteiger partial charge on any atom is -0.493 e. The standard InChI is InChI=1S/C26H33NO8/c1-12(2)35-26(30)19-14(4)27-16-11-13(3)18(25(29)34-8)22(28)21(16)20(19)15-9-10-17(31-5)24(33-7)23(15)32-6/h9-10,12-13,18,20,27H,11H2,1-8H3/t13-,18+,20-/m0/s1. The summed E-state index contributed by atoms with van der Waals surface area (Å²) in [5.74, 6) is -2.65. The second kappa shape index (κ2) is 10.4. The molecule has 1 N–H and O–H groups in total. The third-order valence-corrected chi connectivity index (χ3v) is 6.35. The maximum atomic E-state index is 13.9. The average molecular weight is 488 g/mol. The molecule has 3 rings (SSSR count). The number of allylic oxidation sites excluding steroid dienone is 3. The van der Waals surface area contributed by atoms with E-state index in [0.717, 1.165) is 0 Å². The van der Waals surface area contributed by atoms with Crippen LogP contribution in [0.5, 0.6) is 17.2 Å². The van der Waals surface area contributed by atoms with Crippen LogP contribution in [0.1, 0.15) is 45.6 Å². The highest BCUT2D eigenvalue weighted by molar-refractivity contribution is 6.12. The van der Waals surface area contributed by atoms with Crippen molar-refractivity contribution in [3.05, 3.63) is 40.2 Å². The number of dihydropyridines is 1. The number of benzene rings is 1. The van der Waals surface area contributed by atoms with Crippen LogP contribution in [0, 0.1) is 11.8 Å². The Bertz CT molecular complexity index is 1100. The SMILES string of the molecule is COC(=O)[C@H]1C(=O)C2=C(C[C@@H]1C)NC(C)=C(C(=O)OC(C)C)[C@@H]2c1ccc(OC)c(OC)c1OC. The summed E-state index contributed by atoms with van der Waals surface area (Å²) in [6.07, 6.45) is 0.0487. The molecule has 0 radical (unpaired) electrons. The zero-order chi connectivity index (χ0) is 26.0. The van der Waals surface area contributed by atoms with Gasteiger partial charge in [0, 0.05) is 22.5 Å². The molecule has 9 nitrogen and oxygen atoms in total. The second-order valence-electron chi connectivity index (χ2n) is 8.91. The molecule has 1 aliphatic heterocycles. The third-order valence-electron chi connectivity index (χ3n) is 6.35. The Labute approximate surface area is 205 Å². The van der Waals surface area contributed by atoms with E-state index in [2.05, 4.69) is 5.32 Å². The van der Waals surface area contributed by atoms with Crippen molar-refractivity contribution in [2.24, 2.45) is 11.8 Å². The maximum Gasteiger partial charge on any atom is 0.337 e. The maximum absolute atomic E-state index is 13.9. The smallest absolute Gasteiger partial charge is 0.337 e. The monoisotopic (exact) mass is 487 g/mol. The lowest BCUT2D eigenvalue weighted by Gasteiger charge is -2.38. The van der Waals surface area contributed by atoms with E-state index in [4.69, 9.17) is 23.7 Å². The van der Waals surface area contributed by atoms with E-state index in [1.807, 2.05) is 6.92 Å². The van der Waals surface area contributed by atoms with E-state index in [1.54, 1.807) is 32.9 Å². The molecule has 0 unspecified atom stereocenters. The molecular weight excluding hydrogens is 454 g/mol. The van der Waals surface area contributed by atoms with Gasteiger partial charge in [-0.05, 0) is 39.2 Å². The lowest BCUT2D eigenvalue weighted by atomic mass is 9.69. The molecule has 9 heteroatoms. The van der Waals surface area contributed by atoms with Gasteiger partial charge in [0.25, 0.3) is 0 Å². The van der Waals surface area contributed by atoms with E-state index >= 15 is 0 Å². The topological polar surface area (TPSA) is 109 Å². The minimum absolute atomic E-state index is 0.259. The molecular formula is C26H33NO8. The Morgan fingerprint density at radius 1 is 1.03 bits per heavy atom. The molecule has 1 aromatic rings. The molecule has 1 aliphatic carbocycles. The molecule has 3 atom stereocenters. The first-order chi connectivity index (χ1) is 16.6. The summed E-state index contributed by atoms with van der Waals surface area (Å²) in [5.41, 5.74) is 2.30. The first-order valence-electron chi connectivity index (χ1n) is 11.4. The van der Waals surface area contributed by atoms with Crippen molar-refractivity contribution in [2.45, 2.75) is 46.1 Å². The number of hydrogen-bond acceptors (Lipinski definition) is 9. The molecule has 190 valence electrons. The van der Waals surface area contributed by atoms with E-state index in [9.17, 15) is 14.4 Å². The van der Waals surface area contributed by atoms with Gasteiger partial charge in [-0.1, -0.05) is 13.0 Å². The van der Waals surface area contributed by atoms with Crippen LogP contribution in [0.25, 0.3) is 0 Å². The van der Waals surface area contributed by atoms with Gasteiger partial charge in [-0.2, -0.15) is 0 Å². The third kappa shape index (κ3) is 4.59. The van der Waals surface area contributed by atoms with Crippen molar-refractivity contribution < 1.29 is 38.1 Å². The van der Waals surface area contributed by atoms with Gasteiger partial charge in [0.2, 0.25) is 5.75 Å². The van der Waals surface area contributed by atoms with Crippen molar-refractivity contribution in [2.75, 3.05) is 28.4 Å². The largest absolute Gasteiger partial charge is 0.493 e. The average Bonchev–Trinajstić information content (AvgIpc) is 2.81. The number of ether oxygens (including phenoxy) is 5. The van der Waals surface area contributed by atoms with Crippen LogP contribution in [-0.2, 0) is 23.9 Å². The molecule has 0 spiro atoms. The van der Waals surface area contributed by atoms with Gasteiger partial charge in [0.15, 0.2) is 17.3 Å². The first-order valence-corrected chi connectivity index (χ1v) is 11.4. The van der Waals surface area contributed by atoms with Crippen LogP contribution in [0.3, 0.4) is 0 Å². The van der Waals surface area contributed by atoms with Gasteiger partial charge < -0.3 is 29.0 Å². The number of ketones is 1. The zero-order valence-electron chi connectivity index (χ0n) is 21.4. The van der Waals surface area contributed by atoms with Gasteiger partial charge in [-0.3, -0.25) is 9.59 Å². The molecule has 0 bridgehead atoms. The van der Waals surface area contributed by atoms with Crippen LogP contribution in [0.2, 0.25) is 0 Å². The lowest BCUT2D eigenvalue weighted by molar-refractivity contribution is -0.151. The number of carbonyl (C=O) groups excluding carboxylic acids is 3. The fourth-order valence-corrected chi connectivity index (χ4v) is 4.89. The second-order valence-corrected chi connectivity index (χ2v) is 8.91. The molecule has 2 aliphatic rings. The van der Waals surface area contributed by atoms with E-state index in [0.29, 0.717) is 46.2 Å². The molecule has 0 aromatic heterocycles. The van der Waals surface area contributed by atoms with Crippen LogP contribution < -0.4 is 19.5 Å². The number of esters is 2. The number of hydrogen-bond donors (Lipinski definition) is 1. The number of Topliss-reactive ketones (excluding diaryl/α,β-unsaturated/α-hetero) is 1. The fourth-order valence-electron chi connectivity index (χ4n) is 4.89. The van der Waals surface area contributed by atoms with E-state index in [-0.39, 0.29) is 17.6 Å². The van der Waals surface area contributed by atoms with Crippen LogP contribution in [-0.4, -0.2) is 52.3 Å². The van der Waals surface area contributed by atoms with Gasteiger partial charge in [0.05, 0.1) is 46.0 Å². The van der Waals surface area contributed by atoms with E-state index in [1.165, 1.54) is 28.4 Å². The Morgan fingerprint density at radius 3 is 2.23 bits per heavy atom. The Hall–Kier alpha value is -3.49. The molecule has 1 aromatic carbocycles. The van der Waals surface area contributed by atoms with Gasteiger partial charge in [0.1, 0.15) is 5.92 Å². The van der Waals surface area contributed by atoms with Crippen molar-refractivity contribution in [3.63, 3.8) is 0 Å². The molecule has 0 saturated heterocycles. The molecule has 0 fully saturated rings. The summed E-state index contributed by atoms with van der Waals surface area (Å²) in [4.78, 5) is 39.8. The number of methoxy groups -OCH3 is 4. The minimum atomic E-state index is -0.991. The predicted octanol–water partition coefficient (Wildman–Crippen LogP) is 3.28. The molecule has 0 amide bonds. The first kappa shape index (κ1) is 26.1. The van der Waals surface area contributed by atoms with Crippen molar-refractivity contribution in [1.82, 2.24) is 5.32 Å². The molecule has 1 heterocycles. The van der Waals surface area contributed by atoms with Gasteiger partial charge in [-0.15, -0.1) is 0 Å². The Morgan fingerprint density at radius 2 is 1.69 bits per heavy atom. The highest BCUT2D eigenvalue weighted by Gasteiger charge is 2.48. The summed E-state index contributed by atoms with van der Waals surface area (Å²) in [6.45, 7) is 7.10. The normalized spacial score (nSPS) is 21.9. The number of rotatable bonds is 7. The highest BCUT2D eigenvalue weighted by atomic mass is 16.5. The molecule has 0 saturated carbocycles. The van der Waals surface area contributed by atoms with E-state index < -0.39 is 29.6 Å². The van der Waals surface area contributed by atoms with Gasteiger partial charge in [-0.25, -0.2) is 4.79 Å². The van der Waals surface area contributed by atoms with Crippen LogP contribution >= 0.6 is 0 Å². The quantitative estimate of drug-likeness (QED) is 0.458. The van der Waals surface area contributed by atoms with Crippen molar-refractivity contribution in [3.8, 4) is 17.2 Å². The Balaban J connectivity index is 2.32. The summed E-state index contributed by atoms with van der Waals surface area (Å²) in [7, 11) is 5.72. The Kier molecular flexibility index (Phi) is 7.77. The van der Waals surface area contributed by atoms with Gasteiger partial charge >= 0.3 is 11.9 Å². The van der Waals surface area contributed by atoms with Crippen molar-refractivity contribution in [1.29, 1.82) is 0 Å². The predicted molar refractivity (Wildman–Crippen MR) is 127 cm³/mol. The highest BCUT2D eigenvalue weighted by Crippen LogP contribution is 2.51. The van der Waals surface area contributed by atoms with Crippen molar-refractivity contribution >= 4 is 17.7 Å². The fraction of sp³-hybridized carbons (Fsp3) is 0.500. The van der Waals surface area contributed by atoms with Crippen LogP contribution in [0.15, 0.2) is 34.7 Å². The number of nitrogens with one attached hydrogen (secondary N) is 1.